The lowest BCUT2D eigenvalue weighted by Gasteiger charge is -2.21. The summed E-state index contributed by atoms with van der Waals surface area (Å²) >= 11 is 1.81. The van der Waals surface area contributed by atoms with E-state index in [1.54, 1.807) is 18.9 Å². The van der Waals surface area contributed by atoms with Crippen LogP contribution in [0.2, 0.25) is 19.1 Å². The first-order chi connectivity index (χ1) is 7.21. The lowest BCUT2D eigenvalue weighted by atomic mass is 9.96. The number of thioether (sulfide) groups is 1. The maximum absolute atomic E-state index is 11.1. The van der Waals surface area contributed by atoms with Gasteiger partial charge in [0.2, 0.25) is 5.91 Å². The highest BCUT2D eigenvalue weighted by Crippen LogP contribution is 2.23. The SMILES string of the molecule is CO[Si](C)(C)CCCSCC(C)(C)C(N)=O. The third-order valence-corrected chi connectivity index (χ3v) is 6.92. The zero-order valence-electron chi connectivity index (χ0n) is 11.1. The summed E-state index contributed by atoms with van der Waals surface area (Å²) in [6, 6.07) is 1.17. The Bertz CT molecular complexity index is 232. The molecule has 0 aromatic carbocycles. The Morgan fingerprint density at radius 2 is 2.00 bits per heavy atom. The summed E-state index contributed by atoms with van der Waals surface area (Å²) in [6.07, 6.45) is 1.16. The zero-order chi connectivity index (χ0) is 12.8. The molecule has 0 aliphatic carbocycles. The van der Waals surface area contributed by atoms with E-state index in [1.807, 2.05) is 13.8 Å². The summed E-state index contributed by atoms with van der Waals surface area (Å²) in [5, 5.41) is 0. The van der Waals surface area contributed by atoms with Crippen molar-refractivity contribution < 1.29 is 9.22 Å². The van der Waals surface area contributed by atoms with Crippen LogP contribution >= 0.6 is 11.8 Å². The monoisotopic (exact) mass is 263 g/mol. The van der Waals surface area contributed by atoms with E-state index in [9.17, 15) is 4.79 Å². The highest BCUT2D eigenvalue weighted by Gasteiger charge is 2.25. The van der Waals surface area contributed by atoms with Crippen LogP contribution in [0.4, 0.5) is 0 Å². The first-order valence-corrected chi connectivity index (χ1v) is 9.91. The molecule has 0 aliphatic heterocycles. The smallest absolute Gasteiger partial charge is 0.223 e. The minimum atomic E-state index is -1.40. The van der Waals surface area contributed by atoms with Crippen molar-refractivity contribution in [1.82, 2.24) is 0 Å². The first kappa shape index (κ1) is 16.0. The van der Waals surface area contributed by atoms with Gasteiger partial charge in [-0.3, -0.25) is 4.79 Å². The van der Waals surface area contributed by atoms with Gasteiger partial charge < -0.3 is 10.2 Å². The van der Waals surface area contributed by atoms with Crippen molar-refractivity contribution in [3.8, 4) is 0 Å². The fraction of sp³-hybridized carbons (Fsp3) is 0.909. The number of amides is 1. The van der Waals surface area contributed by atoms with Gasteiger partial charge in [-0.2, -0.15) is 11.8 Å². The molecule has 0 aliphatic rings. The molecule has 0 heterocycles. The summed E-state index contributed by atoms with van der Waals surface area (Å²) in [4.78, 5) is 11.1. The summed E-state index contributed by atoms with van der Waals surface area (Å²) in [7, 11) is 0.401. The van der Waals surface area contributed by atoms with Crippen LogP contribution in [0.5, 0.6) is 0 Å². The molecule has 96 valence electrons. The summed E-state index contributed by atoms with van der Waals surface area (Å²) in [5.41, 5.74) is 4.92. The van der Waals surface area contributed by atoms with Crippen molar-refractivity contribution in [3.05, 3.63) is 0 Å². The molecule has 5 heteroatoms. The summed E-state index contributed by atoms with van der Waals surface area (Å²) in [5.74, 6) is 1.67. The topological polar surface area (TPSA) is 52.3 Å². The summed E-state index contributed by atoms with van der Waals surface area (Å²) < 4.78 is 5.48. The first-order valence-electron chi connectivity index (χ1n) is 5.64. The number of hydrogen-bond acceptors (Lipinski definition) is 3. The van der Waals surface area contributed by atoms with E-state index in [4.69, 9.17) is 10.2 Å². The van der Waals surface area contributed by atoms with E-state index in [2.05, 4.69) is 13.1 Å². The van der Waals surface area contributed by atoms with Crippen molar-refractivity contribution in [2.75, 3.05) is 18.6 Å². The van der Waals surface area contributed by atoms with Crippen molar-refractivity contribution in [2.24, 2.45) is 11.1 Å². The van der Waals surface area contributed by atoms with Gasteiger partial charge in [-0.15, -0.1) is 0 Å². The van der Waals surface area contributed by atoms with Gasteiger partial charge in [-0.25, -0.2) is 0 Å². The van der Waals surface area contributed by atoms with Gasteiger partial charge in [-0.1, -0.05) is 13.8 Å². The quantitative estimate of drug-likeness (QED) is 0.541. The van der Waals surface area contributed by atoms with Crippen molar-refractivity contribution in [2.45, 2.75) is 39.4 Å². The number of carbonyl (C=O) groups is 1. The molecule has 0 aromatic rings. The van der Waals surface area contributed by atoms with E-state index < -0.39 is 13.7 Å². The average molecular weight is 263 g/mol. The molecule has 0 rings (SSSR count). The second-order valence-electron chi connectivity index (χ2n) is 5.37. The van der Waals surface area contributed by atoms with Gasteiger partial charge in [-0.05, 0) is 31.3 Å². The molecule has 2 N–H and O–H groups in total. The van der Waals surface area contributed by atoms with Gasteiger partial charge in [0.25, 0.3) is 0 Å². The van der Waals surface area contributed by atoms with Crippen molar-refractivity contribution in [1.29, 1.82) is 0 Å². The molecule has 0 radical (unpaired) electrons. The lowest BCUT2D eigenvalue weighted by molar-refractivity contribution is -0.124. The summed E-state index contributed by atoms with van der Waals surface area (Å²) in [6.45, 7) is 8.25. The van der Waals surface area contributed by atoms with Crippen LogP contribution in [0, 0.1) is 5.41 Å². The number of carbonyl (C=O) groups excluding carboxylic acids is 1. The van der Waals surface area contributed by atoms with Gasteiger partial charge in [0, 0.05) is 12.9 Å². The van der Waals surface area contributed by atoms with Gasteiger partial charge in [0.1, 0.15) is 0 Å². The van der Waals surface area contributed by atoms with Crippen molar-refractivity contribution >= 4 is 26.0 Å². The van der Waals surface area contributed by atoms with E-state index in [0.29, 0.717) is 0 Å². The largest absolute Gasteiger partial charge is 0.420 e. The molecule has 0 fully saturated rings. The van der Waals surface area contributed by atoms with Crippen LogP contribution < -0.4 is 5.73 Å². The Labute approximate surface area is 105 Å². The van der Waals surface area contributed by atoms with E-state index >= 15 is 0 Å². The maximum atomic E-state index is 11.1. The second kappa shape index (κ2) is 6.66. The molecule has 0 saturated heterocycles. The highest BCUT2D eigenvalue weighted by atomic mass is 32.2. The third-order valence-electron chi connectivity index (χ3n) is 2.75. The van der Waals surface area contributed by atoms with Gasteiger partial charge >= 0.3 is 0 Å². The van der Waals surface area contributed by atoms with E-state index in [1.165, 1.54) is 6.04 Å². The predicted octanol–water partition coefficient (Wildman–Crippen LogP) is 2.47. The lowest BCUT2D eigenvalue weighted by Crippen LogP contribution is -2.33. The molecular weight excluding hydrogens is 238 g/mol. The molecule has 0 unspecified atom stereocenters. The molecule has 0 bridgehead atoms. The molecule has 0 saturated carbocycles. The normalized spacial score (nSPS) is 12.8. The Balaban J connectivity index is 3.66. The molecule has 0 atom stereocenters. The fourth-order valence-corrected chi connectivity index (χ4v) is 3.73. The third kappa shape index (κ3) is 6.55. The molecule has 0 aromatic heterocycles. The standard InChI is InChI=1S/C11H25NO2SSi/c1-11(2,10(12)13)9-15-7-6-8-16(4,5)14-3/h6-9H2,1-5H3,(H2,12,13). The predicted molar refractivity (Wildman–Crippen MR) is 74.2 cm³/mol. The average Bonchev–Trinajstić information content (AvgIpc) is 2.16. The maximum Gasteiger partial charge on any atom is 0.223 e. The Morgan fingerprint density at radius 3 is 2.44 bits per heavy atom. The Hall–Kier alpha value is -0.00312. The van der Waals surface area contributed by atoms with Gasteiger partial charge in [0.15, 0.2) is 8.32 Å². The molecule has 3 nitrogen and oxygen atoms in total. The van der Waals surface area contributed by atoms with E-state index in [0.717, 1.165) is 17.9 Å². The van der Waals surface area contributed by atoms with Crippen LogP contribution in [0.3, 0.4) is 0 Å². The van der Waals surface area contributed by atoms with Crippen LogP contribution in [0.1, 0.15) is 20.3 Å². The van der Waals surface area contributed by atoms with Crippen LogP contribution in [0.15, 0.2) is 0 Å². The minimum absolute atomic E-state index is 0.216. The highest BCUT2D eigenvalue weighted by molar-refractivity contribution is 7.99. The van der Waals surface area contributed by atoms with Crippen LogP contribution in [-0.2, 0) is 9.22 Å². The molecule has 0 spiro atoms. The Morgan fingerprint density at radius 1 is 1.44 bits per heavy atom. The molecule has 16 heavy (non-hydrogen) atoms. The van der Waals surface area contributed by atoms with Crippen LogP contribution in [-0.4, -0.2) is 32.8 Å². The minimum Gasteiger partial charge on any atom is -0.420 e. The number of hydrogen-bond donors (Lipinski definition) is 1. The second-order valence-corrected chi connectivity index (χ2v) is 10.9. The Kier molecular flexibility index (Phi) is 6.66. The number of nitrogens with two attached hydrogens (primary N) is 1. The number of primary amides is 1. The fourth-order valence-electron chi connectivity index (χ4n) is 1.10. The number of rotatable bonds is 8. The molecular formula is C11H25NO2SSi. The van der Waals surface area contributed by atoms with E-state index in [-0.39, 0.29) is 5.91 Å². The van der Waals surface area contributed by atoms with Crippen LogP contribution in [0.25, 0.3) is 0 Å². The van der Waals surface area contributed by atoms with Gasteiger partial charge in [0.05, 0.1) is 5.41 Å². The molecule has 1 amide bonds. The zero-order valence-corrected chi connectivity index (χ0v) is 12.9. The van der Waals surface area contributed by atoms with Crippen molar-refractivity contribution in [3.63, 3.8) is 0 Å².